The van der Waals surface area contributed by atoms with Gasteiger partial charge in [0.1, 0.15) is 0 Å². The molecule has 0 atom stereocenters. The van der Waals surface area contributed by atoms with E-state index < -0.39 is 10.0 Å². The molecule has 0 fully saturated rings. The van der Waals surface area contributed by atoms with Crippen molar-refractivity contribution in [3.63, 3.8) is 0 Å². The summed E-state index contributed by atoms with van der Waals surface area (Å²) in [6, 6.07) is 5.17. The zero-order chi connectivity index (χ0) is 13.3. The summed E-state index contributed by atoms with van der Waals surface area (Å²) in [6.07, 6.45) is 0.902. The lowest BCUT2D eigenvalue weighted by Gasteiger charge is -2.19. The van der Waals surface area contributed by atoms with Gasteiger partial charge in [-0.2, -0.15) is 0 Å². The normalized spacial score (nSPS) is 14.7. The largest absolute Gasteiger partial charge is 0.366 e. The first-order valence-corrected chi connectivity index (χ1v) is 7.45. The van der Waals surface area contributed by atoms with Crippen LogP contribution in [0.15, 0.2) is 34.7 Å². The van der Waals surface area contributed by atoms with Crippen molar-refractivity contribution >= 4 is 27.3 Å². The van der Waals surface area contributed by atoms with Crippen molar-refractivity contribution in [2.75, 3.05) is 25.0 Å². The zero-order valence-corrected chi connectivity index (χ0v) is 11.7. The second kappa shape index (κ2) is 4.91. The number of hydrogen-bond donors (Lipinski definition) is 1. The maximum absolute atomic E-state index is 11.8. The van der Waals surface area contributed by atoms with Gasteiger partial charge in [0.2, 0.25) is 10.0 Å². The van der Waals surface area contributed by atoms with Crippen LogP contribution in [0.5, 0.6) is 0 Å². The fourth-order valence-electron chi connectivity index (χ4n) is 2.08. The topological polar surface area (TPSA) is 49.4 Å². The van der Waals surface area contributed by atoms with Gasteiger partial charge in [-0.25, -0.2) is 13.1 Å². The maximum atomic E-state index is 11.8. The van der Waals surface area contributed by atoms with Gasteiger partial charge in [0.05, 0.1) is 11.4 Å². The first-order chi connectivity index (χ1) is 8.44. The van der Waals surface area contributed by atoms with E-state index in [4.69, 9.17) is 11.6 Å². The van der Waals surface area contributed by atoms with Crippen molar-refractivity contribution in [3.8, 4) is 0 Å². The highest BCUT2D eigenvalue weighted by molar-refractivity contribution is 7.89. The molecule has 0 aromatic heterocycles. The molecule has 0 spiro atoms. The quantitative estimate of drug-likeness (QED) is 0.917. The third-order valence-electron chi connectivity index (χ3n) is 2.99. The highest BCUT2D eigenvalue weighted by Gasteiger charge is 2.22. The number of anilines is 1. The molecule has 98 valence electrons. The molecule has 0 aliphatic carbocycles. The summed E-state index contributed by atoms with van der Waals surface area (Å²) in [5.74, 6) is 0. The lowest BCUT2D eigenvalue weighted by Crippen LogP contribution is -2.22. The highest BCUT2D eigenvalue weighted by atomic mass is 35.5. The summed E-state index contributed by atoms with van der Waals surface area (Å²) in [7, 11) is -2.00. The molecule has 1 aliphatic rings. The first-order valence-electron chi connectivity index (χ1n) is 5.59. The van der Waals surface area contributed by atoms with Gasteiger partial charge in [-0.05, 0) is 31.2 Å². The van der Waals surface area contributed by atoms with Gasteiger partial charge in [0.25, 0.3) is 0 Å². The van der Waals surface area contributed by atoms with Crippen LogP contribution in [0.25, 0.3) is 0 Å². The molecule has 1 heterocycles. The van der Waals surface area contributed by atoms with Crippen molar-refractivity contribution in [1.82, 2.24) is 4.72 Å². The standard InChI is InChI=1S/C12H15ClN2O2S/c1-9(13)8-15-6-5-10-3-4-11(7-12(10)15)18(16,17)14-2/h3-4,7,14H,1,5-6,8H2,2H3. The summed E-state index contributed by atoms with van der Waals surface area (Å²) >= 11 is 5.81. The van der Waals surface area contributed by atoms with Crippen LogP contribution in [0.1, 0.15) is 5.56 Å². The SMILES string of the molecule is C=C(Cl)CN1CCc2ccc(S(=O)(=O)NC)cc21. The van der Waals surface area contributed by atoms with Gasteiger partial charge in [0.15, 0.2) is 0 Å². The molecule has 0 radical (unpaired) electrons. The Morgan fingerprint density at radius 1 is 1.56 bits per heavy atom. The summed E-state index contributed by atoms with van der Waals surface area (Å²) in [6.45, 7) is 5.05. The fraction of sp³-hybridized carbons (Fsp3) is 0.333. The second-order valence-electron chi connectivity index (χ2n) is 4.19. The van der Waals surface area contributed by atoms with E-state index in [1.54, 1.807) is 12.1 Å². The first kappa shape index (κ1) is 13.4. The Morgan fingerprint density at radius 2 is 2.28 bits per heavy atom. The van der Waals surface area contributed by atoms with Gasteiger partial charge in [-0.3, -0.25) is 0 Å². The van der Waals surface area contributed by atoms with Crippen LogP contribution in [0.3, 0.4) is 0 Å². The van der Waals surface area contributed by atoms with E-state index in [2.05, 4.69) is 11.3 Å². The number of hydrogen-bond acceptors (Lipinski definition) is 3. The predicted molar refractivity (Wildman–Crippen MR) is 73.6 cm³/mol. The molecule has 1 aliphatic heterocycles. The van der Waals surface area contributed by atoms with Crippen LogP contribution in [0, 0.1) is 0 Å². The van der Waals surface area contributed by atoms with Gasteiger partial charge in [0, 0.05) is 17.3 Å². The lowest BCUT2D eigenvalue weighted by molar-refractivity contribution is 0.588. The van der Waals surface area contributed by atoms with E-state index in [0.29, 0.717) is 11.6 Å². The van der Waals surface area contributed by atoms with Crippen LogP contribution in [-0.2, 0) is 16.4 Å². The Balaban J connectivity index is 2.40. The highest BCUT2D eigenvalue weighted by Crippen LogP contribution is 2.31. The Hall–Kier alpha value is -1.04. The van der Waals surface area contributed by atoms with Gasteiger partial charge >= 0.3 is 0 Å². The number of nitrogens with one attached hydrogen (secondary N) is 1. The van der Waals surface area contributed by atoms with Gasteiger partial charge in [-0.1, -0.05) is 24.2 Å². The number of nitrogens with zero attached hydrogens (tertiary/aromatic N) is 1. The Labute approximate surface area is 112 Å². The Bertz CT molecular complexity index is 584. The average molecular weight is 287 g/mol. The van der Waals surface area contributed by atoms with Crippen molar-refractivity contribution in [2.45, 2.75) is 11.3 Å². The number of fused-ring (bicyclic) bond motifs is 1. The van der Waals surface area contributed by atoms with Gasteiger partial charge < -0.3 is 4.90 Å². The molecule has 0 unspecified atom stereocenters. The Morgan fingerprint density at radius 3 is 2.89 bits per heavy atom. The molecule has 2 rings (SSSR count). The molecule has 4 nitrogen and oxygen atoms in total. The van der Waals surface area contributed by atoms with Crippen molar-refractivity contribution in [1.29, 1.82) is 0 Å². The molecule has 0 bridgehead atoms. The van der Waals surface area contributed by atoms with E-state index in [-0.39, 0.29) is 4.90 Å². The minimum absolute atomic E-state index is 0.274. The third-order valence-corrected chi connectivity index (χ3v) is 4.52. The van der Waals surface area contributed by atoms with Crippen LogP contribution >= 0.6 is 11.6 Å². The van der Waals surface area contributed by atoms with E-state index >= 15 is 0 Å². The summed E-state index contributed by atoms with van der Waals surface area (Å²) in [5, 5.41) is 0.546. The number of sulfonamides is 1. The molecule has 0 saturated heterocycles. The van der Waals surface area contributed by atoms with E-state index in [1.165, 1.54) is 7.05 Å². The van der Waals surface area contributed by atoms with Gasteiger partial charge in [-0.15, -0.1) is 0 Å². The third kappa shape index (κ3) is 2.53. The minimum atomic E-state index is -3.40. The molecule has 6 heteroatoms. The van der Waals surface area contributed by atoms with Crippen LogP contribution in [-0.4, -0.2) is 28.6 Å². The van der Waals surface area contributed by atoms with Crippen LogP contribution < -0.4 is 9.62 Å². The molecule has 1 N–H and O–H groups in total. The maximum Gasteiger partial charge on any atom is 0.240 e. The number of halogens is 1. The van der Waals surface area contributed by atoms with E-state index in [1.807, 2.05) is 11.0 Å². The van der Waals surface area contributed by atoms with E-state index in [0.717, 1.165) is 24.2 Å². The van der Waals surface area contributed by atoms with E-state index in [9.17, 15) is 8.42 Å². The average Bonchev–Trinajstić information content (AvgIpc) is 2.71. The fourth-order valence-corrected chi connectivity index (χ4v) is 2.98. The Kier molecular flexibility index (Phi) is 3.66. The van der Waals surface area contributed by atoms with Crippen molar-refractivity contribution < 1.29 is 8.42 Å². The molecule has 18 heavy (non-hydrogen) atoms. The summed E-state index contributed by atoms with van der Waals surface area (Å²) < 4.78 is 25.8. The zero-order valence-electron chi connectivity index (χ0n) is 10.1. The van der Waals surface area contributed by atoms with Crippen LogP contribution in [0.4, 0.5) is 5.69 Å². The molecular weight excluding hydrogens is 272 g/mol. The molecular formula is C12H15ClN2O2S. The monoisotopic (exact) mass is 286 g/mol. The van der Waals surface area contributed by atoms with Crippen molar-refractivity contribution in [3.05, 3.63) is 35.4 Å². The van der Waals surface area contributed by atoms with Crippen molar-refractivity contribution in [2.24, 2.45) is 0 Å². The summed E-state index contributed by atoms with van der Waals surface area (Å²) in [5.41, 5.74) is 2.07. The predicted octanol–water partition coefficient (Wildman–Crippen LogP) is 1.71. The smallest absolute Gasteiger partial charge is 0.240 e. The summed E-state index contributed by atoms with van der Waals surface area (Å²) in [4.78, 5) is 2.31. The number of rotatable bonds is 4. The number of benzene rings is 1. The van der Waals surface area contributed by atoms with Crippen LogP contribution in [0.2, 0.25) is 0 Å². The second-order valence-corrected chi connectivity index (χ2v) is 6.61. The molecule has 0 saturated carbocycles. The molecule has 0 amide bonds. The minimum Gasteiger partial charge on any atom is -0.366 e. The lowest BCUT2D eigenvalue weighted by atomic mass is 10.2. The molecule has 1 aromatic rings. The molecule has 1 aromatic carbocycles.